The van der Waals surface area contributed by atoms with Gasteiger partial charge in [0.1, 0.15) is 11.0 Å². The molecule has 1 aromatic heterocycles. The molecule has 5 nitrogen and oxygen atoms in total. The van der Waals surface area contributed by atoms with E-state index in [-0.39, 0.29) is 12.6 Å². The highest BCUT2D eigenvalue weighted by Crippen LogP contribution is 2.15. The minimum atomic E-state index is 0.0536. The Morgan fingerprint density at radius 2 is 2.31 bits per heavy atom. The van der Waals surface area contributed by atoms with Crippen LogP contribution in [0.2, 0.25) is 5.15 Å². The quantitative estimate of drug-likeness (QED) is 0.682. The molecule has 72 valence electrons. The van der Waals surface area contributed by atoms with E-state index >= 15 is 0 Å². The van der Waals surface area contributed by atoms with Gasteiger partial charge in [-0.2, -0.15) is 4.98 Å². The van der Waals surface area contributed by atoms with Gasteiger partial charge in [-0.3, -0.25) is 0 Å². The lowest BCUT2D eigenvalue weighted by atomic mass is 10.5. The molecule has 0 aliphatic carbocycles. The zero-order valence-electron chi connectivity index (χ0n) is 7.24. The van der Waals surface area contributed by atoms with Gasteiger partial charge in [-0.25, -0.2) is 4.98 Å². The van der Waals surface area contributed by atoms with Crippen LogP contribution in [0.1, 0.15) is 0 Å². The van der Waals surface area contributed by atoms with Crippen LogP contribution in [-0.4, -0.2) is 35.3 Å². The second-order valence-electron chi connectivity index (χ2n) is 2.55. The van der Waals surface area contributed by atoms with Crippen LogP contribution in [-0.2, 0) is 0 Å². The summed E-state index contributed by atoms with van der Waals surface area (Å²) in [4.78, 5) is 9.41. The van der Waals surface area contributed by atoms with Gasteiger partial charge >= 0.3 is 0 Å². The van der Waals surface area contributed by atoms with Crippen molar-refractivity contribution in [1.82, 2.24) is 9.97 Å². The molecule has 6 heteroatoms. The fourth-order valence-corrected chi connectivity index (χ4v) is 1.07. The van der Waals surface area contributed by atoms with Gasteiger partial charge in [-0.1, -0.05) is 11.6 Å². The Hall–Kier alpha value is -1.07. The minimum Gasteiger partial charge on any atom is -0.395 e. The predicted molar refractivity (Wildman–Crippen MR) is 51.8 cm³/mol. The third-order valence-corrected chi connectivity index (χ3v) is 1.72. The van der Waals surface area contributed by atoms with Gasteiger partial charge in [0.15, 0.2) is 0 Å². The molecule has 0 aliphatic heterocycles. The van der Waals surface area contributed by atoms with Crippen LogP contribution >= 0.6 is 11.6 Å². The smallest absolute Gasteiger partial charge is 0.223 e. The van der Waals surface area contributed by atoms with Crippen molar-refractivity contribution >= 4 is 23.4 Å². The first-order valence-corrected chi connectivity index (χ1v) is 4.13. The summed E-state index contributed by atoms with van der Waals surface area (Å²) in [5.41, 5.74) is 5.40. The number of nitrogens with zero attached hydrogens (tertiary/aromatic N) is 3. The normalized spacial score (nSPS) is 10.1. The van der Waals surface area contributed by atoms with E-state index in [1.54, 1.807) is 18.0 Å². The number of halogens is 1. The fourth-order valence-electron chi connectivity index (χ4n) is 0.883. The van der Waals surface area contributed by atoms with Crippen molar-refractivity contribution in [2.45, 2.75) is 0 Å². The summed E-state index contributed by atoms with van der Waals surface area (Å²) >= 11 is 5.67. The zero-order valence-corrected chi connectivity index (χ0v) is 7.99. The summed E-state index contributed by atoms with van der Waals surface area (Å²) in [6, 6.07) is 1.59. The molecule has 0 amide bonds. The summed E-state index contributed by atoms with van der Waals surface area (Å²) < 4.78 is 0. The molecule has 0 atom stereocenters. The number of aliphatic hydroxyl groups is 1. The Labute approximate surface area is 81.2 Å². The van der Waals surface area contributed by atoms with Crippen molar-refractivity contribution in [3.05, 3.63) is 11.2 Å². The topological polar surface area (TPSA) is 75.3 Å². The van der Waals surface area contributed by atoms with Gasteiger partial charge in [-0.15, -0.1) is 0 Å². The predicted octanol–water partition coefficient (Wildman–Crippen LogP) is 0.141. The summed E-state index contributed by atoms with van der Waals surface area (Å²) in [5.74, 6) is 0.735. The number of rotatable bonds is 3. The van der Waals surface area contributed by atoms with Crippen molar-refractivity contribution < 1.29 is 5.11 Å². The summed E-state index contributed by atoms with van der Waals surface area (Å²) in [6.45, 7) is 0.533. The molecule has 1 aromatic rings. The van der Waals surface area contributed by atoms with Crippen LogP contribution in [0, 0.1) is 0 Å². The maximum Gasteiger partial charge on any atom is 0.223 e. The van der Waals surface area contributed by atoms with E-state index in [1.165, 1.54) is 0 Å². The van der Waals surface area contributed by atoms with Gasteiger partial charge < -0.3 is 15.7 Å². The molecule has 0 saturated carbocycles. The number of nitrogens with two attached hydrogens (primary N) is 1. The highest BCUT2D eigenvalue weighted by Gasteiger charge is 2.04. The molecule has 1 heterocycles. The van der Waals surface area contributed by atoms with Gasteiger partial charge in [-0.05, 0) is 0 Å². The van der Waals surface area contributed by atoms with Crippen LogP contribution in [0.3, 0.4) is 0 Å². The van der Waals surface area contributed by atoms with E-state index in [2.05, 4.69) is 9.97 Å². The lowest BCUT2D eigenvalue weighted by Gasteiger charge is -2.16. The standard InChI is InChI=1S/C7H11ClN4O/c1-12(2-3-13)6-4-5(8)10-7(9)11-6/h4,13H,2-3H2,1H3,(H2,9,10,11). The van der Waals surface area contributed by atoms with Crippen molar-refractivity contribution in [3.8, 4) is 0 Å². The average molecular weight is 203 g/mol. The largest absolute Gasteiger partial charge is 0.395 e. The first-order valence-electron chi connectivity index (χ1n) is 3.75. The van der Waals surface area contributed by atoms with Gasteiger partial charge in [0.05, 0.1) is 6.61 Å². The molecule has 0 saturated heterocycles. The molecule has 0 aromatic carbocycles. The molecular formula is C7H11ClN4O. The second-order valence-corrected chi connectivity index (χ2v) is 2.94. The van der Waals surface area contributed by atoms with Crippen LogP contribution < -0.4 is 10.6 Å². The summed E-state index contributed by atoms with van der Waals surface area (Å²) in [6.07, 6.45) is 0. The molecular weight excluding hydrogens is 192 g/mol. The maximum absolute atomic E-state index is 8.69. The van der Waals surface area contributed by atoms with E-state index < -0.39 is 0 Å². The highest BCUT2D eigenvalue weighted by molar-refractivity contribution is 6.29. The molecule has 13 heavy (non-hydrogen) atoms. The lowest BCUT2D eigenvalue weighted by molar-refractivity contribution is 0.304. The Bertz CT molecular complexity index is 274. The monoisotopic (exact) mass is 202 g/mol. The van der Waals surface area contributed by atoms with E-state index in [0.717, 1.165) is 0 Å². The molecule has 0 unspecified atom stereocenters. The minimum absolute atomic E-state index is 0.0536. The van der Waals surface area contributed by atoms with E-state index in [9.17, 15) is 0 Å². The number of aromatic nitrogens is 2. The van der Waals surface area contributed by atoms with Crippen LogP contribution in [0.15, 0.2) is 6.07 Å². The molecule has 0 bridgehead atoms. The fraction of sp³-hybridized carbons (Fsp3) is 0.429. The molecule has 0 aliphatic rings. The van der Waals surface area contributed by atoms with E-state index in [0.29, 0.717) is 17.5 Å². The van der Waals surface area contributed by atoms with E-state index in [4.69, 9.17) is 22.4 Å². The maximum atomic E-state index is 8.69. The van der Waals surface area contributed by atoms with Crippen molar-refractivity contribution in [3.63, 3.8) is 0 Å². The molecule has 0 fully saturated rings. The molecule has 0 radical (unpaired) electrons. The number of anilines is 2. The van der Waals surface area contributed by atoms with Crippen molar-refractivity contribution in [2.75, 3.05) is 30.8 Å². The van der Waals surface area contributed by atoms with Crippen LogP contribution in [0.25, 0.3) is 0 Å². The Morgan fingerprint density at radius 3 is 2.85 bits per heavy atom. The summed E-state index contributed by atoms with van der Waals surface area (Å²) in [5, 5.41) is 8.99. The molecule has 1 rings (SSSR count). The number of hydrogen-bond donors (Lipinski definition) is 2. The Balaban J connectivity index is 2.87. The third-order valence-electron chi connectivity index (χ3n) is 1.53. The first-order chi connectivity index (χ1) is 6.13. The van der Waals surface area contributed by atoms with Gasteiger partial charge in [0, 0.05) is 19.7 Å². The summed E-state index contributed by atoms with van der Waals surface area (Å²) in [7, 11) is 1.79. The van der Waals surface area contributed by atoms with Crippen LogP contribution in [0.4, 0.5) is 11.8 Å². The Kier molecular flexibility index (Phi) is 3.27. The first kappa shape index (κ1) is 10.0. The van der Waals surface area contributed by atoms with E-state index in [1.807, 2.05) is 0 Å². The third kappa shape index (κ3) is 2.71. The van der Waals surface area contributed by atoms with Crippen molar-refractivity contribution in [1.29, 1.82) is 0 Å². The highest BCUT2D eigenvalue weighted by atomic mass is 35.5. The Morgan fingerprint density at radius 1 is 1.62 bits per heavy atom. The van der Waals surface area contributed by atoms with Crippen LogP contribution in [0.5, 0.6) is 0 Å². The van der Waals surface area contributed by atoms with Gasteiger partial charge in [0.25, 0.3) is 0 Å². The second kappa shape index (κ2) is 4.25. The molecule has 0 spiro atoms. The average Bonchev–Trinajstić information content (AvgIpc) is 2.03. The molecule has 3 N–H and O–H groups in total. The van der Waals surface area contributed by atoms with Crippen molar-refractivity contribution in [2.24, 2.45) is 0 Å². The zero-order chi connectivity index (χ0) is 9.84. The van der Waals surface area contributed by atoms with Gasteiger partial charge in [0.2, 0.25) is 5.95 Å². The lowest BCUT2D eigenvalue weighted by Crippen LogP contribution is -2.22. The number of aliphatic hydroxyl groups excluding tert-OH is 1. The SMILES string of the molecule is CN(CCO)c1cc(Cl)nc(N)n1. The number of likely N-dealkylation sites (N-methyl/N-ethyl adjacent to an activating group) is 1. The number of nitrogen functional groups attached to an aromatic ring is 1. The number of hydrogen-bond acceptors (Lipinski definition) is 5.